The van der Waals surface area contributed by atoms with Crippen molar-refractivity contribution in [2.75, 3.05) is 7.11 Å². The van der Waals surface area contributed by atoms with Gasteiger partial charge >= 0.3 is 5.97 Å². The Labute approximate surface area is 245 Å². The van der Waals surface area contributed by atoms with E-state index in [-0.39, 0.29) is 39.3 Å². The van der Waals surface area contributed by atoms with Crippen molar-refractivity contribution in [3.8, 4) is 28.3 Å². The smallest absolute Gasteiger partial charge is 0.336 e. The molecule has 1 heterocycles. The van der Waals surface area contributed by atoms with Gasteiger partial charge in [-0.2, -0.15) is 0 Å². The van der Waals surface area contributed by atoms with Gasteiger partial charge in [-0.25, -0.2) is 18.6 Å². The number of carboxylic acids is 1. The number of amides is 1. The number of H-pyrrole nitrogens is 1. The Kier molecular flexibility index (Phi) is 8.22. The molecule has 1 amide bonds. The maximum Gasteiger partial charge on any atom is 0.336 e. The van der Waals surface area contributed by atoms with Crippen molar-refractivity contribution in [3.05, 3.63) is 106 Å². The fraction of sp³-hybridized carbons (Fsp3) is 0.156. The van der Waals surface area contributed by atoms with Gasteiger partial charge in [0.05, 0.1) is 29.7 Å². The summed E-state index contributed by atoms with van der Waals surface area (Å²) in [6, 6.07) is 17.6. The molecule has 5 aromatic rings. The summed E-state index contributed by atoms with van der Waals surface area (Å²) in [7, 11) is 1.36. The molecule has 0 aliphatic carbocycles. The summed E-state index contributed by atoms with van der Waals surface area (Å²) in [6.07, 6.45) is 1.37. The van der Waals surface area contributed by atoms with Crippen molar-refractivity contribution < 1.29 is 28.2 Å². The Morgan fingerprint density at radius 1 is 1.05 bits per heavy atom. The van der Waals surface area contributed by atoms with Gasteiger partial charge in [-0.1, -0.05) is 55.3 Å². The number of imidazole rings is 1. The van der Waals surface area contributed by atoms with Crippen molar-refractivity contribution in [2.24, 2.45) is 0 Å². The van der Waals surface area contributed by atoms with Crippen LogP contribution in [-0.2, 0) is 0 Å². The molecule has 0 saturated carbocycles. The maximum absolute atomic E-state index is 14.3. The summed E-state index contributed by atoms with van der Waals surface area (Å²) in [5, 5.41) is 13.4. The van der Waals surface area contributed by atoms with E-state index in [9.17, 15) is 23.5 Å². The van der Waals surface area contributed by atoms with Gasteiger partial charge < -0.3 is 20.1 Å². The third-order valence-corrected chi connectivity index (χ3v) is 7.28. The number of hydrogen-bond acceptors (Lipinski definition) is 4. The zero-order valence-corrected chi connectivity index (χ0v) is 23.4. The van der Waals surface area contributed by atoms with Crippen LogP contribution in [0.25, 0.3) is 33.5 Å². The Morgan fingerprint density at radius 2 is 1.81 bits per heavy atom. The van der Waals surface area contributed by atoms with Crippen molar-refractivity contribution in [1.82, 2.24) is 15.3 Å². The van der Waals surface area contributed by atoms with Crippen LogP contribution < -0.4 is 10.1 Å². The van der Waals surface area contributed by atoms with Gasteiger partial charge in [-0.15, -0.1) is 0 Å². The van der Waals surface area contributed by atoms with Gasteiger partial charge in [-0.3, -0.25) is 4.79 Å². The monoisotopic (exact) mass is 589 g/mol. The first kappa shape index (κ1) is 28.8. The van der Waals surface area contributed by atoms with Crippen LogP contribution >= 0.6 is 11.6 Å². The van der Waals surface area contributed by atoms with Crippen molar-refractivity contribution >= 4 is 34.5 Å². The normalized spacial score (nSPS) is 11.8. The zero-order chi connectivity index (χ0) is 30.0. The minimum atomic E-state index is -1.26. The first-order chi connectivity index (χ1) is 20.2. The van der Waals surface area contributed by atoms with Gasteiger partial charge in [0, 0.05) is 33.8 Å². The van der Waals surface area contributed by atoms with E-state index in [1.165, 1.54) is 49.6 Å². The lowest BCUT2D eigenvalue weighted by molar-refractivity contribution is 0.0697. The highest BCUT2D eigenvalue weighted by atomic mass is 35.5. The molecule has 3 N–H and O–H groups in total. The van der Waals surface area contributed by atoms with Crippen molar-refractivity contribution in [1.29, 1.82) is 0 Å². The molecule has 0 fully saturated rings. The van der Waals surface area contributed by atoms with Crippen LogP contribution in [-0.4, -0.2) is 34.1 Å². The van der Waals surface area contributed by atoms with E-state index in [4.69, 9.17) is 16.3 Å². The third-order valence-electron chi connectivity index (χ3n) is 6.96. The SMILES string of the molecule is CCCC(NC(=O)c1ccc(-c2c(Cl)cccc2-c2nc3cc(OC)c(F)cc3[nH]2)c(C(=O)O)c1)c1ccc(F)cc1. The second-order valence-corrected chi connectivity index (χ2v) is 10.1. The van der Waals surface area contributed by atoms with Crippen LogP contribution in [0.5, 0.6) is 5.75 Å². The number of nitrogens with one attached hydrogen (secondary N) is 2. The van der Waals surface area contributed by atoms with Crippen molar-refractivity contribution in [3.63, 3.8) is 0 Å². The Balaban J connectivity index is 1.55. The molecule has 1 atom stereocenters. The molecule has 1 aromatic heterocycles. The topological polar surface area (TPSA) is 104 Å². The van der Waals surface area contributed by atoms with E-state index in [0.717, 1.165) is 12.0 Å². The zero-order valence-electron chi connectivity index (χ0n) is 22.7. The number of benzene rings is 4. The summed E-state index contributed by atoms with van der Waals surface area (Å²) in [6.45, 7) is 1.97. The Morgan fingerprint density at radius 3 is 2.50 bits per heavy atom. The number of ether oxygens (including phenoxy) is 1. The average molecular weight is 590 g/mol. The molecule has 0 bridgehead atoms. The van der Waals surface area contributed by atoms with Gasteiger partial charge in [0.25, 0.3) is 5.91 Å². The standard InChI is InChI=1S/C32H26ClF2N3O4/c1-3-5-25(17-8-11-19(34)12-9-17)38-31(39)18-10-13-20(22(14-18)32(40)41)29-21(6-4-7-23(29)33)30-36-26-15-24(35)28(42-2)16-27(26)37-30/h4,6-16,25H,3,5H2,1-2H3,(H,36,37)(H,38,39)(H,40,41). The number of hydrogen-bond donors (Lipinski definition) is 3. The lowest BCUT2D eigenvalue weighted by atomic mass is 9.93. The number of methoxy groups -OCH3 is 1. The second kappa shape index (κ2) is 12.0. The molecule has 0 aliphatic heterocycles. The average Bonchev–Trinajstić information content (AvgIpc) is 3.39. The quantitative estimate of drug-likeness (QED) is 0.163. The molecule has 1 unspecified atom stereocenters. The number of rotatable bonds is 9. The molecule has 5 rings (SSSR count). The minimum Gasteiger partial charge on any atom is -0.494 e. The van der Waals surface area contributed by atoms with Gasteiger partial charge in [0.2, 0.25) is 0 Å². The predicted octanol–water partition coefficient (Wildman–Crippen LogP) is 7.81. The highest BCUT2D eigenvalue weighted by Crippen LogP contribution is 2.39. The number of aromatic nitrogens is 2. The Bertz CT molecular complexity index is 1800. The molecule has 7 nitrogen and oxygen atoms in total. The van der Waals surface area contributed by atoms with Gasteiger partial charge in [0.1, 0.15) is 11.6 Å². The van der Waals surface area contributed by atoms with E-state index in [2.05, 4.69) is 15.3 Å². The first-order valence-electron chi connectivity index (χ1n) is 13.2. The Hall–Kier alpha value is -4.76. The lowest BCUT2D eigenvalue weighted by Gasteiger charge is -2.19. The van der Waals surface area contributed by atoms with E-state index < -0.39 is 17.7 Å². The molecule has 0 radical (unpaired) electrons. The second-order valence-electron chi connectivity index (χ2n) is 9.68. The fourth-order valence-corrected chi connectivity index (χ4v) is 5.19. The molecule has 4 aromatic carbocycles. The lowest BCUT2D eigenvalue weighted by Crippen LogP contribution is -2.28. The number of carboxylic acid groups (broad SMARTS) is 1. The number of halogens is 3. The fourth-order valence-electron chi connectivity index (χ4n) is 4.92. The summed E-state index contributed by atoms with van der Waals surface area (Å²) in [4.78, 5) is 33.4. The van der Waals surface area contributed by atoms with Crippen LogP contribution in [0, 0.1) is 11.6 Å². The number of nitrogens with zero attached hydrogens (tertiary/aromatic N) is 1. The maximum atomic E-state index is 14.3. The summed E-state index contributed by atoms with van der Waals surface area (Å²) >= 11 is 6.63. The molecule has 0 spiro atoms. The van der Waals surface area contributed by atoms with Crippen LogP contribution in [0.3, 0.4) is 0 Å². The summed E-state index contributed by atoms with van der Waals surface area (Å²) in [5.74, 6) is -2.29. The molecule has 0 aliphatic rings. The number of carbonyl (C=O) groups is 2. The minimum absolute atomic E-state index is 0.0366. The summed E-state index contributed by atoms with van der Waals surface area (Å²) in [5.41, 5.74) is 2.74. The molecule has 10 heteroatoms. The summed E-state index contributed by atoms with van der Waals surface area (Å²) < 4.78 is 32.8. The first-order valence-corrected chi connectivity index (χ1v) is 13.5. The van der Waals surface area contributed by atoms with Crippen LogP contribution in [0.1, 0.15) is 52.1 Å². The molecule has 214 valence electrons. The largest absolute Gasteiger partial charge is 0.494 e. The number of aromatic carboxylic acids is 1. The van der Waals surface area contributed by atoms with Gasteiger partial charge in [-0.05, 0) is 47.9 Å². The van der Waals surface area contributed by atoms with Crippen molar-refractivity contribution in [2.45, 2.75) is 25.8 Å². The molecular formula is C32H26ClF2N3O4. The highest BCUT2D eigenvalue weighted by Gasteiger charge is 2.23. The number of carbonyl (C=O) groups excluding carboxylic acids is 1. The van der Waals surface area contributed by atoms with Crippen LogP contribution in [0.2, 0.25) is 5.02 Å². The number of fused-ring (bicyclic) bond motifs is 1. The van der Waals surface area contributed by atoms with Crippen LogP contribution in [0.4, 0.5) is 8.78 Å². The van der Waals surface area contributed by atoms with E-state index in [1.807, 2.05) is 6.92 Å². The van der Waals surface area contributed by atoms with Gasteiger partial charge in [0.15, 0.2) is 11.6 Å². The molecule has 42 heavy (non-hydrogen) atoms. The molecular weight excluding hydrogens is 564 g/mol. The highest BCUT2D eigenvalue weighted by molar-refractivity contribution is 6.34. The van der Waals surface area contributed by atoms with Crippen LogP contribution in [0.15, 0.2) is 72.8 Å². The predicted molar refractivity (Wildman–Crippen MR) is 157 cm³/mol. The number of aromatic amines is 1. The van der Waals surface area contributed by atoms with E-state index >= 15 is 0 Å². The third kappa shape index (κ3) is 5.69. The van der Waals surface area contributed by atoms with E-state index in [1.54, 1.807) is 30.3 Å². The molecule has 0 saturated heterocycles. The van der Waals surface area contributed by atoms with E-state index in [0.29, 0.717) is 34.4 Å².